The molecule has 1 aliphatic rings. The predicted molar refractivity (Wildman–Crippen MR) is 71.2 cm³/mol. The number of benzene rings is 1. The lowest BCUT2D eigenvalue weighted by atomic mass is 10.0. The molecule has 1 aromatic rings. The summed E-state index contributed by atoms with van der Waals surface area (Å²) in [5.74, 6) is 0.620. The highest BCUT2D eigenvalue weighted by atomic mass is 16.5. The number of methoxy groups -OCH3 is 1. The Labute approximate surface area is 109 Å². The molecule has 3 nitrogen and oxygen atoms in total. The summed E-state index contributed by atoms with van der Waals surface area (Å²) < 4.78 is 4.74. The molecule has 0 aliphatic carbocycles. The number of carbonyl (C=O) groups excluding carboxylic acids is 1. The monoisotopic (exact) mass is 247 g/mol. The van der Waals surface area contributed by atoms with Crippen LogP contribution in [0, 0.1) is 5.92 Å². The molecule has 1 atom stereocenters. The largest absolute Gasteiger partial charge is 0.469 e. The summed E-state index contributed by atoms with van der Waals surface area (Å²) in [4.78, 5) is 13.8. The zero-order valence-corrected chi connectivity index (χ0v) is 11.2. The molecule has 18 heavy (non-hydrogen) atoms. The van der Waals surface area contributed by atoms with Gasteiger partial charge in [0, 0.05) is 13.1 Å². The minimum absolute atomic E-state index is 0.169. The van der Waals surface area contributed by atoms with Gasteiger partial charge in [-0.3, -0.25) is 9.69 Å². The van der Waals surface area contributed by atoms with E-state index < -0.39 is 0 Å². The second-order valence-electron chi connectivity index (χ2n) is 5.15. The van der Waals surface area contributed by atoms with Crippen LogP contribution in [0.25, 0.3) is 0 Å². The van der Waals surface area contributed by atoms with Crippen molar-refractivity contribution >= 4 is 5.97 Å². The van der Waals surface area contributed by atoms with Crippen LogP contribution in [-0.4, -0.2) is 31.1 Å². The molecule has 1 heterocycles. The molecule has 1 unspecified atom stereocenters. The fourth-order valence-corrected chi connectivity index (χ4v) is 2.52. The van der Waals surface area contributed by atoms with Crippen molar-refractivity contribution in [3.05, 3.63) is 35.4 Å². The van der Waals surface area contributed by atoms with Crippen molar-refractivity contribution in [1.29, 1.82) is 0 Å². The van der Waals surface area contributed by atoms with E-state index in [1.165, 1.54) is 19.1 Å². The molecule has 0 radical (unpaired) electrons. The molecule has 0 amide bonds. The van der Waals surface area contributed by atoms with Crippen molar-refractivity contribution in [2.45, 2.75) is 26.3 Å². The van der Waals surface area contributed by atoms with Crippen LogP contribution in [0.4, 0.5) is 0 Å². The third-order valence-corrected chi connectivity index (χ3v) is 3.58. The highest BCUT2D eigenvalue weighted by Gasteiger charge is 2.19. The molecule has 2 rings (SSSR count). The van der Waals surface area contributed by atoms with E-state index in [0.717, 1.165) is 31.1 Å². The van der Waals surface area contributed by atoms with Gasteiger partial charge in [-0.1, -0.05) is 31.2 Å². The summed E-state index contributed by atoms with van der Waals surface area (Å²) in [6.45, 7) is 5.55. The van der Waals surface area contributed by atoms with Crippen molar-refractivity contribution in [2.24, 2.45) is 5.92 Å². The van der Waals surface area contributed by atoms with Crippen molar-refractivity contribution in [3.63, 3.8) is 0 Å². The minimum atomic E-state index is -0.169. The molecule has 0 saturated carbocycles. The van der Waals surface area contributed by atoms with Gasteiger partial charge in [0.05, 0.1) is 13.5 Å². The number of hydrogen-bond donors (Lipinski definition) is 0. The first-order chi connectivity index (χ1) is 8.69. The predicted octanol–water partition coefficient (Wildman–Crippen LogP) is 2.24. The molecule has 1 aliphatic heterocycles. The van der Waals surface area contributed by atoms with Gasteiger partial charge in [-0.15, -0.1) is 0 Å². The normalized spacial score (nSPS) is 20.0. The van der Waals surface area contributed by atoms with Crippen molar-refractivity contribution in [3.8, 4) is 0 Å². The Balaban J connectivity index is 2.05. The molecule has 3 heteroatoms. The number of likely N-dealkylation sites (tertiary alicyclic amines) is 1. The smallest absolute Gasteiger partial charge is 0.309 e. The van der Waals surface area contributed by atoms with Crippen LogP contribution in [0.3, 0.4) is 0 Å². The zero-order valence-electron chi connectivity index (χ0n) is 11.2. The maximum atomic E-state index is 11.4. The molecule has 0 aromatic heterocycles. The van der Waals surface area contributed by atoms with Gasteiger partial charge in [-0.05, 0) is 30.0 Å². The van der Waals surface area contributed by atoms with E-state index in [1.54, 1.807) is 0 Å². The molecule has 1 saturated heterocycles. The second-order valence-corrected chi connectivity index (χ2v) is 5.15. The minimum Gasteiger partial charge on any atom is -0.469 e. The number of hydrogen-bond acceptors (Lipinski definition) is 3. The first-order valence-electron chi connectivity index (χ1n) is 6.55. The molecule has 0 spiro atoms. The number of nitrogens with zero attached hydrogens (tertiary/aromatic N) is 1. The van der Waals surface area contributed by atoms with Crippen LogP contribution in [0.2, 0.25) is 0 Å². The van der Waals surface area contributed by atoms with E-state index in [-0.39, 0.29) is 5.97 Å². The summed E-state index contributed by atoms with van der Waals surface area (Å²) in [6.07, 6.45) is 1.65. The van der Waals surface area contributed by atoms with Crippen LogP contribution in [0.5, 0.6) is 0 Å². The van der Waals surface area contributed by atoms with Crippen molar-refractivity contribution in [1.82, 2.24) is 4.90 Å². The summed E-state index contributed by atoms with van der Waals surface area (Å²) in [6, 6.07) is 8.15. The summed E-state index contributed by atoms with van der Waals surface area (Å²) in [5.41, 5.74) is 2.33. The zero-order chi connectivity index (χ0) is 13.0. The van der Waals surface area contributed by atoms with Gasteiger partial charge in [0.2, 0.25) is 0 Å². The Kier molecular flexibility index (Phi) is 4.37. The van der Waals surface area contributed by atoms with E-state index in [1.807, 2.05) is 18.2 Å². The molecule has 0 N–H and O–H groups in total. The quantitative estimate of drug-likeness (QED) is 0.764. The number of esters is 1. The maximum absolute atomic E-state index is 11.4. The highest BCUT2D eigenvalue weighted by molar-refractivity contribution is 5.72. The summed E-state index contributed by atoms with van der Waals surface area (Å²) in [5, 5.41) is 0. The standard InChI is InChI=1S/C15H21NO2/c1-12-7-8-16(10-12)11-14-6-4-3-5-13(14)9-15(17)18-2/h3-6,12H,7-11H2,1-2H3. The SMILES string of the molecule is COC(=O)Cc1ccccc1CN1CCC(C)C1. The average Bonchev–Trinajstić information content (AvgIpc) is 2.77. The van der Waals surface area contributed by atoms with Gasteiger partial charge in [0.15, 0.2) is 0 Å². The van der Waals surface area contributed by atoms with E-state index in [4.69, 9.17) is 4.74 Å². The van der Waals surface area contributed by atoms with E-state index >= 15 is 0 Å². The Morgan fingerprint density at radius 1 is 1.39 bits per heavy atom. The first kappa shape index (κ1) is 13.1. The van der Waals surface area contributed by atoms with Gasteiger partial charge in [0.1, 0.15) is 0 Å². The lowest BCUT2D eigenvalue weighted by molar-refractivity contribution is -0.139. The lowest BCUT2D eigenvalue weighted by Gasteiger charge is -2.17. The topological polar surface area (TPSA) is 29.5 Å². The van der Waals surface area contributed by atoms with Gasteiger partial charge in [-0.25, -0.2) is 0 Å². The fraction of sp³-hybridized carbons (Fsp3) is 0.533. The maximum Gasteiger partial charge on any atom is 0.309 e. The van der Waals surface area contributed by atoms with E-state index in [2.05, 4.69) is 17.9 Å². The van der Waals surface area contributed by atoms with Crippen molar-refractivity contribution < 1.29 is 9.53 Å². The van der Waals surface area contributed by atoms with Gasteiger partial charge >= 0.3 is 5.97 Å². The van der Waals surface area contributed by atoms with Crippen LogP contribution < -0.4 is 0 Å². The Morgan fingerprint density at radius 2 is 2.11 bits per heavy atom. The molecular formula is C15H21NO2. The molecule has 1 fully saturated rings. The first-order valence-corrected chi connectivity index (χ1v) is 6.55. The summed E-state index contributed by atoms with van der Waals surface area (Å²) in [7, 11) is 1.44. The number of ether oxygens (including phenoxy) is 1. The van der Waals surface area contributed by atoms with Crippen molar-refractivity contribution in [2.75, 3.05) is 20.2 Å². The van der Waals surface area contributed by atoms with Crippen LogP contribution in [0.1, 0.15) is 24.5 Å². The molecule has 98 valence electrons. The van der Waals surface area contributed by atoms with Crippen LogP contribution >= 0.6 is 0 Å². The van der Waals surface area contributed by atoms with Gasteiger partial charge in [0.25, 0.3) is 0 Å². The Bertz CT molecular complexity index is 417. The van der Waals surface area contributed by atoms with Gasteiger partial charge in [-0.2, -0.15) is 0 Å². The highest BCUT2D eigenvalue weighted by Crippen LogP contribution is 2.20. The third kappa shape index (κ3) is 3.33. The van der Waals surface area contributed by atoms with Crippen LogP contribution in [0.15, 0.2) is 24.3 Å². The Morgan fingerprint density at radius 3 is 2.72 bits per heavy atom. The average molecular weight is 247 g/mol. The Hall–Kier alpha value is -1.35. The third-order valence-electron chi connectivity index (χ3n) is 3.58. The fourth-order valence-electron chi connectivity index (χ4n) is 2.52. The lowest BCUT2D eigenvalue weighted by Crippen LogP contribution is -2.21. The van der Waals surface area contributed by atoms with Gasteiger partial charge < -0.3 is 4.74 Å². The van der Waals surface area contributed by atoms with Crippen LogP contribution in [-0.2, 0) is 22.5 Å². The van der Waals surface area contributed by atoms with E-state index in [0.29, 0.717) is 6.42 Å². The number of rotatable bonds is 4. The molecular weight excluding hydrogens is 226 g/mol. The second kappa shape index (κ2) is 6.01. The summed E-state index contributed by atoms with van der Waals surface area (Å²) >= 11 is 0. The number of carbonyl (C=O) groups is 1. The molecule has 0 bridgehead atoms. The molecule has 1 aromatic carbocycles. The van der Waals surface area contributed by atoms with E-state index in [9.17, 15) is 4.79 Å².